The Hall–Kier alpha value is -0.740. The van der Waals surface area contributed by atoms with Crippen molar-refractivity contribution in [2.75, 3.05) is 6.54 Å². The first-order valence-corrected chi connectivity index (χ1v) is 8.67. The van der Waals surface area contributed by atoms with Gasteiger partial charge in [-0.1, -0.05) is 40.5 Å². The lowest BCUT2D eigenvalue weighted by molar-refractivity contribution is -0.131. The van der Waals surface area contributed by atoms with E-state index in [0.29, 0.717) is 13.0 Å². The standard InChI is InChI=1S/C18H36N2O2/c1-7-12-17(4,5)16(22)15(11-9-10-13-19)20-18(6,8-2)14(3)21/h15,20H,7-13,19H2,1-6H3. The Labute approximate surface area is 136 Å². The first-order valence-electron chi connectivity index (χ1n) is 8.67. The van der Waals surface area contributed by atoms with Crippen LogP contribution in [0.3, 0.4) is 0 Å². The quantitative estimate of drug-likeness (QED) is 0.543. The summed E-state index contributed by atoms with van der Waals surface area (Å²) in [4.78, 5) is 24.9. The van der Waals surface area contributed by atoms with Gasteiger partial charge < -0.3 is 5.73 Å². The summed E-state index contributed by atoms with van der Waals surface area (Å²) in [6.45, 7) is 12.2. The van der Waals surface area contributed by atoms with E-state index in [1.165, 1.54) is 0 Å². The molecule has 0 aliphatic heterocycles. The van der Waals surface area contributed by atoms with Crippen molar-refractivity contribution in [3.8, 4) is 0 Å². The molecule has 3 N–H and O–H groups in total. The molecule has 0 radical (unpaired) electrons. The minimum Gasteiger partial charge on any atom is -0.330 e. The summed E-state index contributed by atoms with van der Waals surface area (Å²) in [6.07, 6.45) is 5.07. The third-order valence-corrected chi connectivity index (χ3v) is 4.78. The Balaban J connectivity index is 5.19. The molecule has 0 spiro atoms. The van der Waals surface area contributed by atoms with E-state index in [1.807, 2.05) is 27.7 Å². The lowest BCUT2D eigenvalue weighted by Crippen LogP contribution is -2.57. The first kappa shape index (κ1) is 21.3. The molecule has 0 aliphatic rings. The number of ketones is 2. The summed E-state index contributed by atoms with van der Waals surface area (Å²) < 4.78 is 0. The van der Waals surface area contributed by atoms with Crippen molar-refractivity contribution in [3.63, 3.8) is 0 Å². The number of carbonyl (C=O) groups excluding carboxylic acids is 2. The van der Waals surface area contributed by atoms with Crippen LogP contribution in [0.25, 0.3) is 0 Å². The van der Waals surface area contributed by atoms with Crippen LogP contribution in [0.5, 0.6) is 0 Å². The smallest absolute Gasteiger partial charge is 0.155 e. The number of nitrogens with two attached hydrogens (primary N) is 1. The zero-order valence-electron chi connectivity index (χ0n) is 15.4. The fourth-order valence-corrected chi connectivity index (χ4v) is 2.82. The molecule has 2 unspecified atom stereocenters. The van der Waals surface area contributed by atoms with Crippen molar-refractivity contribution >= 4 is 11.6 Å². The molecule has 0 aromatic carbocycles. The molecule has 0 amide bonds. The number of hydrogen-bond donors (Lipinski definition) is 2. The fraction of sp³-hybridized carbons (Fsp3) is 0.889. The van der Waals surface area contributed by atoms with Crippen LogP contribution in [0.1, 0.15) is 80.1 Å². The van der Waals surface area contributed by atoms with Gasteiger partial charge in [0.2, 0.25) is 0 Å². The van der Waals surface area contributed by atoms with Crippen molar-refractivity contribution < 1.29 is 9.59 Å². The van der Waals surface area contributed by atoms with Crippen LogP contribution in [-0.4, -0.2) is 29.7 Å². The normalized spacial score (nSPS) is 16.1. The van der Waals surface area contributed by atoms with Gasteiger partial charge in [-0.3, -0.25) is 14.9 Å². The van der Waals surface area contributed by atoms with Crippen LogP contribution < -0.4 is 11.1 Å². The zero-order valence-corrected chi connectivity index (χ0v) is 15.4. The highest BCUT2D eigenvalue weighted by atomic mass is 16.1. The minimum absolute atomic E-state index is 0.0833. The second kappa shape index (κ2) is 9.41. The average Bonchev–Trinajstić information content (AvgIpc) is 2.45. The summed E-state index contributed by atoms with van der Waals surface area (Å²) in [6, 6.07) is -0.276. The van der Waals surface area contributed by atoms with Crippen molar-refractivity contribution in [2.45, 2.75) is 91.6 Å². The van der Waals surface area contributed by atoms with Crippen molar-refractivity contribution in [2.24, 2.45) is 11.1 Å². The molecule has 0 aliphatic carbocycles. The third-order valence-electron chi connectivity index (χ3n) is 4.78. The van der Waals surface area contributed by atoms with Gasteiger partial charge in [0.15, 0.2) is 5.78 Å². The summed E-state index contributed by atoms with van der Waals surface area (Å²) in [5.41, 5.74) is 4.57. The highest BCUT2D eigenvalue weighted by Gasteiger charge is 2.37. The van der Waals surface area contributed by atoms with Crippen LogP contribution in [0.15, 0.2) is 0 Å². The number of Topliss-reactive ketones (excluding diaryl/α,β-unsaturated/α-hetero) is 2. The van der Waals surface area contributed by atoms with Crippen LogP contribution in [0.4, 0.5) is 0 Å². The number of hydrogen-bond acceptors (Lipinski definition) is 4. The Morgan fingerprint density at radius 1 is 1.14 bits per heavy atom. The van der Waals surface area contributed by atoms with Gasteiger partial charge in [-0.05, 0) is 46.1 Å². The molecule has 0 aromatic heterocycles. The Morgan fingerprint density at radius 3 is 2.14 bits per heavy atom. The maximum Gasteiger partial charge on any atom is 0.155 e. The Kier molecular flexibility index (Phi) is 9.09. The van der Waals surface area contributed by atoms with Crippen molar-refractivity contribution in [1.29, 1.82) is 0 Å². The van der Waals surface area contributed by atoms with Crippen LogP contribution in [0, 0.1) is 5.41 Å². The van der Waals surface area contributed by atoms with Gasteiger partial charge in [-0.25, -0.2) is 0 Å². The minimum atomic E-state index is -0.634. The van der Waals surface area contributed by atoms with E-state index < -0.39 is 5.54 Å². The van der Waals surface area contributed by atoms with E-state index in [2.05, 4.69) is 12.2 Å². The molecular formula is C18H36N2O2. The lowest BCUT2D eigenvalue weighted by atomic mass is 9.78. The number of nitrogens with one attached hydrogen (secondary N) is 1. The molecule has 0 rings (SSSR count). The van der Waals surface area contributed by atoms with E-state index >= 15 is 0 Å². The van der Waals surface area contributed by atoms with Gasteiger partial charge in [0.25, 0.3) is 0 Å². The maximum absolute atomic E-state index is 13.0. The molecule has 22 heavy (non-hydrogen) atoms. The summed E-state index contributed by atoms with van der Waals surface area (Å²) in [5.74, 6) is 0.298. The first-order chi connectivity index (χ1) is 10.1. The number of rotatable bonds is 12. The highest BCUT2D eigenvalue weighted by molar-refractivity contribution is 5.91. The van der Waals surface area contributed by atoms with Crippen molar-refractivity contribution in [1.82, 2.24) is 5.32 Å². The molecule has 0 saturated carbocycles. The fourth-order valence-electron chi connectivity index (χ4n) is 2.82. The maximum atomic E-state index is 13.0. The zero-order chi connectivity index (χ0) is 17.4. The van der Waals surface area contributed by atoms with E-state index in [4.69, 9.17) is 5.73 Å². The van der Waals surface area contributed by atoms with E-state index in [-0.39, 0.29) is 23.0 Å². The molecule has 2 atom stereocenters. The Bertz CT molecular complexity index is 366. The van der Waals surface area contributed by atoms with Crippen molar-refractivity contribution in [3.05, 3.63) is 0 Å². The second-order valence-electron chi connectivity index (χ2n) is 7.22. The van der Waals surface area contributed by atoms with Gasteiger partial charge in [0, 0.05) is 5.41 Å². The highest BCUT2D eigenvalue weighted by Crippen LogP contribution is 2.27. The largest absolute Gasteiger partial charge is 0.330 e. The van der Waals surface area contributed by atoms with E-state index in [1.54, 1.807) is 6.92 Å². The predicted molar refractivity (Wildman–Crippen MR) is 92.9 cm³/mol. The van der Waals surface area contributed by atoms with Crippen LogP contribution in [0.2, 0.25) is 0 Å². The molecule has 0 aromatic rings. The third kappa shape index (κ3) is 6.17. The van der Waals surface area contributed by atoms with Gasteiger partial charge in [-0.2, -0.15) is 0 Å². The topological polar surface area (TPSA) is 72.2 Å². The SMILES string of the molecule is CCCC(C)(C)C(=O)C(CCCCN)NC(C)(CC)C(C)=O. The van der Waals surface area contributed by atoms with E-state index in [9.17, 15) is 9.59 Å². The molecule has 0 fully saturated rings. The van der Waals surface area contributed by atoms with Gasteiger partial charge in [0.1, 0.15) is 5.78 Å². The monoisotopic (exact) mass is 312 g/mol. The van der Waals surface area contributed by atoms with Gasteiger partial charge >= 0.3 is 0 Å². The number of unbranched alkanes of at least 4 members (excludes halogenated alkanes) is 1. The lowest BCUT2D eigenvalue weighted by Gasteiger charge is -2.35. The molecule has 130 valence electrons. The molecule has 0 bridgehead atoms. The number of carbonyl (C=O) groups is 2. The molecule has 0 heterocycles. The molecule has 4 heteroatoms. The van der Waals surface area contributed by atoms with Crippen LogP contribution >= 0.6 is 0 Å². The predicted octanol–water partition coefficient (Wildman–Crippen LogP) is 3.23. The molecule has 0 saturated heterocycles. The van der Waals surface area contributed by atoms with Crippen LogP contribution in [-0.2, 0) is 9.59 Å². The second-order valence-corrected chi connectivity index (χ2v) is 7.22. The average molecular weight is 312 g/mol. The van der Waals surface area contributed by atoms with E-state index in [0.717, 1.165) is 32.1 Å². The summed E-state index contributed by atoms with van der Waals surface area (Å²) in [5, 5.41) is 3.36. The summed E-state index contributed by atoms with van der Waals surface area (Å²) >= 11 is 0. The molecule has 4 nitrogen and oxygen atoms in total. The van der Waals surface area contributed by atoms with Gasteiger partial charge in [-0.15, -0.1) is 0 Å². The Morgan fingerprint density at radius 2 is 1.73 bits per heavy atom. The molecular weight excluding hydrogens is 276 g/mol. The summed E-state index contributed by atoms with van der Waals surface area (Å²) in [7, 11) is 0. The van der Waals surface area contributed by atoms with Gasteiger partial charge in [0.05, 0.1) is 11.6 Å².